The summed E-state index contributed by atoms with van der Waals surface area (Å²) in [5.74, 6) is 1.24. The van der Waals surface area contributed by atoms with E-state index >= 15 is 0 Å². The average molecular weight is 484 g/mol. The van der Waals surface area contributed by atoms with Gasteiger partial charge in [0.15, 0.2) is 5.96 Å². The van der Waals surface area contributed by atoms with Crippen LogP contribution in [0.1, 0.15) is 44.6 Å². The van der Waals surface area contributed by atoms with Crippen LogP contribution in [-0.4, -0.2) is 36.9 Å². The molecule has 0 saturated heterocycles. The van der Waals surface area contributed by atoms with Crippen LogP contribution in [0.15, 0.2) is 41.9 Å². The first-order valence-corrected chi connectivity index (χ1v) is 9.64. The fourth-order valence-electron chi connectivity index (χ4n) is 2.88. The van der Waals surface area contributed by atoms with Gasteiger partial charge >= 0.3 is 0 Å². The molecule has 2 N–H and O–H groups in total. The van der Waals surface area contributed by atoms with Gasteiger partial charge in [-0.2, -0.15) is 0 Å². The minimum Gasteiger partial charge on any atom is -0.357 e. The second-order valence-electron chi connectivity index (χ2n) is 6.84. The van der Waals surface area contributed by atoms with Crippen LogP contribution < -0.4 is 10.6 Å². The molecular formula is C21H33IN4O. The number of hydrogen-bond donors (Lipinski definition) is 2. The molecule has 1 aliphatic carbocycles. The van der Waals surface area contributed by atoms with Gasteiger partial charge in [0.05, 0.1) is 6.54 Å². The summed E-state index contributed by atoms with van der Waals surface area (Å²) in [4.78, 5) is 19.0. The van der Waals surface area contributed by atoms with Crippen LogP contribution in [0, 0.1) is 5.92 Å². The van der Waals surface area contributed by atoms with E-state index in [1.807, 2.05) is 30.3 Å². The van der Waals surface area contributed by atoms with E-state index in [9.17, 15) is 4.79 Å². The minimum atomic E-state index is 0. The quantitative estimate of drug-likeness (QED) is 0.180. The van der Waals surface area contributed by atoms with Crippen molar-refractivity contribution >= 4 is 41.5 Å². The number of halogens is 1. The zero-order valence-corrected chi connectivity index (χ0v) is 18.9. The number of allylic oxidation sites excluding steroid dienone is 1. The van der Waals surface area contributed by atoms with Crippen molar-refractivity contribution in [2.75, 3.05) is 25.5 Å². The van der Waals surface area contributed by atoms with Crippen molar-refractivity contribution in [2.24, 2.45) is 10.9 Å². The summed E-state index contributed by atoms with van der Waals surface area (Å²) >= 11 is 0. The van der Waals surface area contributed by atoms with Crippen LogP contribution in [-0.2, 0) is 11.3 Å². The molecule has 5 nitrogen and oxygen atoms in total. The molecular weight excluding hydrogens is 451 g/mol. The summed E-state index contributed by atoms with van der Waals surface area (Å²) in [6.45, 7) is 8.20. The lowest BCUT2D eigenvalue weighted by molar-refractivity contribution is -0.122. The molecule has 0 heterocycles. The number of aliphatic imine (C=N–C) groups is 1. The van der Waals surface area contributed by atoms with E-state index in [0.717, 1.165) is 56.0 Å². The van der Waals surface area contributed by atoms with Crippen molar-refractivity contribution < 1.29 is 4.79 Å². The summed E-state index contributed by atoms with van der Waals surface area (Å²) < 4.78 is 0. The second-order valence-corrected chi connectivity index (χ2v) is 6.84. The van der Waals surface area contributed by atoms with Gasteiger partial charge < -0.3 is 15.5 Å². The van der Waals surface area contributed by atoms with Gasteiger partial charge in [-0.05, 0) is 50.3 Å². The van der Waals surface area contributed by atoms with E-state index in [4.69, 9.17) is 4.99 Å². The molecule has 6 heteroatoms. The maximum atomic E-state index is 12.1. The van der Waals surface area contributed by atoms with Gasteiger partial charge in [0.2, 0.25) is 5.91 Å². The van der Waals surface area contributed by atoms with E-state index in [0.29, 0.717) is 6.54 Å². The number of rotatable bonds is 9. The Bertz CT molecular complexity index is 628. The van der Waals surface area contributed by atoms with E-state index in [-0.39, 0.29) is 35.8 Å². The zero-order valence-electron chi connectivity index (χ0n) is 16.5. The first-order chi connectivity index (χ1) is 12.6. The molecule has 1 fully saturated rings. The largest absolute Gasteiger partial charge is 0.357 e. The topological polar surface area (TPSA) is 56.7 Å². The lowest BCUT2D eigenvalue weighted by atomic mass is 9.85. The predicted molar refractivity (Wildman–Crippen MR) is 125 cm³/mol. The lowest BCUT2D eigenvalue weighted by Gasteiger charge is -2.24. The molecule has 1 aromatic carbocycles. The molecule has 150 valence electrons. The van der Waals surface area contributed by atoms with Gasteiger partial charge in [-0.15, -0.1) is 30.6 Å². The lowest BCUT2D eigenvalue weighted by Crippen LogP contribution is -2.39. The third-order valence-corrected chi connectivity index (χ3v) is 4.68. The second kappa shape index (κ2) is 12.8. The van der Waals surface area contributed by atoms with Crippen molar-refractivity contribution in [2.45, 2.75) is 45.6 Å². The highest BCUT2D eigenvalue weighted by Crippen LogP contribution is 2.27. The van der Waals surface area contributed by atoms with Crippen LogP contribution in [0.4, 0.5) is 5.69 Å². The van der Waals surface area contributed by atoms with E-state index < -0.39 is 0 Å². The van der Waals surface area contributed by atoms with Gasteiger partial charge in [0.25, 0.3) is 0 Å². The van der Waals surface area contributed by atoms with Gasteiger partial charge in [0.1, 0.15) is 0 Å². The van der Waals surface area contributed by atoms with Crippen molar-refractivity contribution in [3.8, 4) is 0 Å². The highest BCUT2D eigenvalue weighted by Gasteiger charge is 2.25. The Balaban J connectivity index is 0.00000364. The summed E-state index contributed by atoms with van der Waals surface area (Å²) in [6.07, 6.45) is 7.21. The Morgan fingerprint density at radius 1 is 1.41 bits per heavy atom. The monoisotopic (exact) mass is 484 g/mol. The van der Waals surface area contributed by atoms with Crippen LogP contribution >= 0.6 is 24.0 Å². The maximum absolute atomic E-state index is 12.1. The molecule has 0 atom stereocenters. The Labute approximate surface area is 180 Å². The number of nitrogens with zero attached hydrogens (tertiary/aromatic N) is 2. The summed E-state index contributed by atoms with van der Waals surface area (Å²) in [6, 6.07) is 7.98. The Hall–Kier alpha value is -1.57. The molecule has 0 bridgehead atoms. The predicted octanol–water partition coefficient (Wildman–Crippen LogP) is 4.41. The molecule has 1 amide bonds. The molecule has 1 aromatic rings. The normalized spacial score (nSPS) is 13.9. The number of benzene rings is 1. The van der Waals surface area contributed by atoms with Crippen LogP contribution in [0.5, 0.6) is 0 Å². The van der Waals surface area contributed by atoms with E-state index in [2.05, 4.69) is 36.1 Å². The molecule has 0 aromatic heterocycles. The van der Waals surface area contributed by atoms with Crippen LogP contribution in [0.2, 0.25) is 0 Å². The number of unbranched alkanes of at least 4 members (excludes halogenated alkanes) is 1. The van der Waals surface area contributed by atoms with Crippen molar-refractivity contribution in [1.82, 2.24) is 10.2 Å². The highest BCUT2D eigenvalue weighted by atomic mass is 127. The van der Waals surface area contributed by atoms with Crippen molar-refractivity contribution in [3.05, 3.63) is 42.5 Å². The van der Waals surface area contributed by atoms with Crippen molar-refractivity contribution in [3.63, 3.8) is 0 Å². The molecule has 0 radical (unpaired) electrons. The zero-order chi connectivity index (χ0) is 18.8. The Morgan fingerprint density at radius 3 is 2.81 bits per heavy atom. The molecule has 0 spiro atoms. The average Bonchev–Trinajstić information content (AvgIpc) is 2.57. The first kappa shape index (κ1) is 23.5. The van der Waals surface area contributed by atoms with Crippen LogP contribution in [0.3, 0.4) is 0 Å². The third-order valence-electron chi connectivity index (χ3n) is 4.68. The number of anilines is 1. The van der Waals surface area contributed by atoms with Gasteiger partial charge in [-0.25, -0.2) is 4.99 Å². The van der Waals surface area contributed by atoms with Gasteiger partial charge in [-0.1, -0.05) is 24.6 Å². The molecule has 1 aliphatic rings. The van der Waals surface area contributed by atoms with Crippen LogP contribution in [0.25, 0.3) is 0 Å². The maximum Gasteiger partial charge on any atom is 0.227 e. The number of hydrogen-bond acceptors (Lipinski definition) is 2. The highest BCUT2D eigenvalue weighted by molar-refractivity contribution is 14.0. The number of nitrogens with one attached hydrogen (secondary N) is 2. The molecule has 0 unspecified atom stereocenters. The summed E-state index contributed by atoms with van der Waals surface area (Å²) in [7, 11) is 2.06. The summed E-state index contributed by atoms with van der Waals surface area (Å²) in [5.41, 5.74) is 1.95. The smallest absolute Gasteiger partial charge is 0.227 e. The van der Waals surface area contributed by atoms with Gasteiger partial charge in [-0.3, -0.25) is 4.79 Å². The number of guanidine groups is 1. The van der Waals surface area contributed by atoms with E-state index in [1.54, 1.807) is 0 Å². The van der Waals surface area contributed by atoms with Crippen molar-refractivity contribution in [1.29, 1.82) is 0 Å². The van der Waals surface area contributed by atoms with E-state index in [1.165, 1.54) is 6.42 Å². The first-order valence-electron chi connectivity index (χ1n) is 9.64. The summed E-state index contributed by atoms with van der Waals surface area (Å²) in [5, 5.41) is 6.37. The third kappa shape index (κ3) is 7.91. The molecule has 1 saturated carbocycles. The molecule has 2 rings (SSSR count). The standard InChI is InChI=1S/C21H32N4O.HI/c1-4-6-7-14-25(3)21(22-5-2)23-16-17-10-8-13-19(15-17)24-20(26)18-11-9-12-18;/h4,8,10,13,15,18H,1,5-7,9,11-12,14,16H2,2-3H3,(H,22,23)(H,24,26);1H. The number of carbonyl (C=O) groups excluding carboxylic acids is 1. The Morgan fingerprint density at radius 2 is 2.19 bits per heavy atom. The minimum absolute atomic E-state index is 0. The number of carbonyl (C=O) groups is 1. The Kier molecular flexibility index (Phi) is 11.1. The number of amides is 1. The molecule has 0 aliphatic heterocycles. The van der Waals surface area contributed by atoms with Gasteiger partial charge in [0, 0.05) is 31.7 Å². The fraction of sp³-hybridized carbons (Fsp3) is 0.524. The fourth-order valence-corrected chi connectivity index (χ4v) is 2.88. The molecule has 27 heavy (non-hydrogen) atoms. The SMILES string of the molecule is C=CCCCN(C)C(=NCc1cccc(NC(=O)C2CCC2)c1)NCC.I.